The molecule has 1 heterocycles. The van der Waals surface area contributed by atoms with Gasteiger partial charge in [-0.05, 0) is 25.7 Å². The number of hydrogen-bond acceptors (Lipinski definition) is 3. The van der Waals surface area contributed by atoms with Crippen molar-refractivity contribution in [2.45, 2.75) is 65.8 Å². The highest BCUT2D eigenvalue weighted by Crippen LogP contribution is 2.30. The summed E-state index contributed by atoms with van der Waals surface area (Å²) >= 11 is 0. The van der Waals surface area contributed by atoms with E-state index < -0.39 is 0 Å². The summed E-state index contributed by atoms with van der Waals surface area (Å²) in [4.78, 5) is 2.48. The number of rotatable bonds is 6. The smallest absolute Gasteiger partial charge is 0.0889 e. The Bertz CT molecular complexity index is 241. The summed E-state index contributed by atoms with van der Waals surface area (Å²) in [5.41, 5.74) is -0.383. The molecule has 3 heteroatoms. The number of ether oxygens (including phenoxy) is 1. The van der Waals surface area contributed by atoms with Gasteiger partial charge in [-0.1, -0.05) is 27.7 Å². The molecule has 1 rings (SSSR count). The lowest BCUT2D eigenvalue weighted by Crippen LogP contribution is -2.38. The molecular formula is C15H31NO2. The highest BCUT2D eigenvalue weighted by Gasteiger charge is 2.40. The number of nitrogens with zero attached hydrogens (tertiary/aromatic N) is 1. The Labute approximate surface area is 113 Å². The van der Waals surface area contributed by atoms with Crippen LogP contribution < -0.4 is 0 Å². The molecule has 3 nitrogen and oxygen atoms in total. The van der Waals surface area contributed by atoms with E-state index in [4.69, 9.17) is 4.74 Å². The average molecular weight is 257 g/mol. The fourth-order valence-electron chi connectivity index (χ4n) is 2.75. The molecular weight excluding hydrogens is 226 g/mol. The summed E-state index contributed by atoms with van der Waals surface area (Å²) in [6, 6.07) is 0. The van der Waals surface area contributed by atoms with Crippen LogP contribution in [-0.4, -0.2) is 47.4 Å². The van der Waals surface area contributed by atoms with Crippen LogP contribution in [0.3, 0.4) is 0 Å². The second-order valence-electron chi connectivity index (χ2n) is 7.10. The van der Waals surface area contributed by atoms with E-state index in [0.717, 1.165) is 26.1 Å². The summed E-state index contributed by atoms with van der Waals surface area (Å²) in [5.74, 6) is 1.34. The zero-order chi connectivity index (χ0) is 13.9. The quantitative estimate of drug-likeness (QED) is 0.793. The molecule has 0 saturated carbocycles. The SMILES string of the molecule is CC(C)CN(CC(C)C)CC1CC(O)C(C)(C)O1. The van der Waals surface area contributed by atoms with Crippen molar-refractivity contribution in [2.75, 3.05) is 19.6 Å². The molecule has 1 aliphatic heterocycles. The summed E-state index contributed by atoms with van der Waals surface area (Å²) in [6.45, 7) is 16.1. The van der Waals surface area contributed by atoms with Crippen LogP contribution in [0.5, 0.6) is 0 Å². The van der Waals surface area contributed by atoms with Gasteiger partial charge in [0.1, 0.15) is 0 Å². The lowest BCUT2D eigenvalue weighted by Gasteiger charge is -2.29. The monoisotopic (exact) mass is 257 g/mol. The number of aliphatic hydroxyl groups excluding tert-OH is 1. The third-order valence-corrected chi connectivity index (χ3v) is 3.47. The normalized spacial score (nSPS) is 27.7. The fraction of sp³-hybridized carbons (Fsp3) is 1.00. The van der Waals surface area contributed by atoms with Crippen molar-refractivity contribution in [1.82, 2.24) is 4.90 Å². The first kappa shape index (κ1) is 15.9. The van der Waals surface area contributed by atoms with E-state index >= 15 is 0 Å². The standard InChI is InChI=1S/C15H31NO2/c1-11(2)8-16(9-12(3)4)10-13-7-14(17)15(5,6)18-13/h11-14,17H,7-10H2,1-6H3. The third kappa shape index (κ3) is 4.87. The molecule has 0 aromatic carbocycles. The zero-order valence-corrected chi connectivity index (χ0v) is 12.9. The molecule has 18 heavy (non-hydrogen) atoms. The Morgan fingerprint density at radius 3 is 2.00 bits per heavy atom. The van der Waals surface area contributed by atoms with Gasteiger partial charge in [0.05, 0.1) is 17.8 Å². The molecule has 1 fully saturated rings. The van der Waals surface area contributed by atoms with Gasteiger partial charge in [0, 0.05) is 26.1 Å². The molecule has 1 saturated heterocycles. The summed E-state index contributed by atoms with van der Waals surface area (Å²) in [7, 11) is 0. The van der Waals surface area contributed by atoms with Crippen molar-refractivity contribution in [3.05, 3.63) is 0 Å². The highest BCUT2D eigenvalue weighted by molar-refractivity contribution is 4.90. The minimum atomic E-state index is -0.383. The van der Waals surface area contributed by atoms with E-state index in [9.17, 15) is 5.11 Å². The molecule has 0 amide bonds. The predicted molar refractivity (Wildman–Crippen MR) is 75.7 cm³/mol. The Morgan fingerprint density at radius 1 is 1.17 bits per heavy atom. The van der Waals surface area contributed by atoms with Gasteiger partial charge >= 0.3 is 0 Å². The summed E-state index contributed by atoms with van der Waals surface area (Å²) in [5, 5.41) is 9.96. The van der Waals surface area contributed by atoms with E-state index in [0.29, 0.717) is 11.8 Å². The summed E-state index contributed by atoms with van der Waals surface area (Å²) < 4.78 is 5.96. The van der Waals surface area contributed by atoms with Crippen molar-refractivity contribution < 1.29 is 9.84 Å². The molecule has 2 atom stereocenters. The first-order chi connectivity index (χ1) is 8.20. The first-order valence-electron chi connectivity index (χ1n) is 7.29. The molecule has 0 aliphatic carbocycles. The van der Waals surface area contributed by atoms with E-state index in [1.807, 2.05) is 13.8 Å². The highest BCUT2D eigenvalue weighted by atomic mass is 16.5. The molecule has 0 spiro atoms. The first-order valence-corrected chi connectivity index (χ1v) is 7.29. The molecule has 2 unspecified atom stereocenters. The van der Waals surface area contributed by atoms with Crippen LogP contribution in [-0.2, 0) is 4.74 Å². The third-order valence-electron chi connectivity index (χ3n) is 3.47. The largest absolute Gasteiger partial charge is 0.390 e. The van der Waals surface area contributed by atoms with Crippen LogP contribution in [0.4, 0.5) is 0 Å². The van der Waals surface area contributed by atoms with Crippen molar-refractivity contribution in [3.8, 4) is 0 Å². The van der Waals surface area contributed by atoms with Gasteiger partial charge in [-0.25, -0.2) is 0 Å². The molecule has 108 valence electrons. The van der Waals surface area contributed by atoms with E-state index in [2.05, 4.69) is 32.6 Å². The van der Waals surface area contributed by atoms with Crippen molar-refractivity contribution in [3.63, 3.8) is 0 Å². The van der Waals surface area contributed by atoms with Crippen molar-refractivity contribution in [2.24, 2.45) is 11.8 Å². The van der Waals surface area contributed by atoms with Crippen LogP contribution >= 0.6 is 0 Å². The van der Waals surface area contributed by atoms with Crippen LogP contribution in [0.15, 0.2) is 0 Å². The van der Waals surface area contributed by atoms with Gasteiger partial charge in [-0.2, -0.15) is 0 Å². The van der Waals surface area contributed by atoms with Gasteiger partial charge < -0.3 is 14.7 Å². The molecule has 1 N–H and O–H groups in total. The predicted octanol–water partition coefficient (Wildman–Crippen LogP) is 2.53. The number of aliphatic hydroxyl groups is 1. The second kappa shape index (κ2) is 6.36. The Hall–Kier alpha value is -0.120. The van der Waals surface area contributed by atoms with E-state index in [-0.39, 0.29) is 17.8 Å². The van der Waals surface area contributed by atoms with Crippen LogP contribution in [0.2, 0.25) is 0 Å². The number of hydrogen-bond donors (Lipinski definition) is 1. The van der Waals surface area contributed by atoms with Gasteiger partial charge in [-0.3, -0.25) is 0 Å². The molecule has 0 radical (unpaired) electrons. The maximum atomic E-state index is 9.96. The molecule has 0 bridgehead atoms. The van der Waals surface area contributed by atoms with E-state index in [1.54, 1.807) is 0 Å². The molecule has 0 aromatic heterocycles. The maximum Gasteiger partial charge on any atom is 0.0889 e. The van der Waals surface area contributed by atoms with Crippen LogP contribution in [0.1, 0.15) is 48.0 Å². The maximum absolute atomic E-state index is 9.96. The topological polar surface area (TPSA) is 32.7 Å². The Morgan fingerprint density at radius 2 is 1.67 bits per heavy atom. The second-order valence-corrected chi connectivity index (χ2v) is 7.10. The van der Waals surface area contributed by atoms with Gasteiger partial charge in [0.25, 0.3) is 0 Å². The lowest BCUT2D eigenvalue weighted by atomic mass is 10.0. The Balaban J connectivity index is 2.51. The van der Waals surface area contributed by atoms with E-state index in [1.165, 1.54) is 0 Å². The van der Waals surface area contributed by atoms with Crippen LogP contribution in [0, 0.1) is 11.8 Å². The van der Waals surface area contributed by atoms with Crippen LogP contribution in [0.25, 0.3) is 0 Å². The lowest BCUT2D eigenvalue weighted by molar-refractivity contribution is -0.0640. The minimum Gasteiger partial charge on any atom is -0.390 e. The molecule has 0 aromatic rings. The Kier molecular flexibility index (Phi) is 5.63. The van der Waals surface area contributed by atoms with Crippen molar-refractivity contribution >= 4 is 0 Å². The fourth-order valence-corrected chi connectivity index (χ4v) is 2.75. The van der Waals surface area contributed by atoms with Gasteiger partial charge in [0.15, 0.2) is 0 Å². The summed E-state index contributed by atoms with van der Waals surface area (Å²) in [6.07, 6.45) is 0.606. The zero-order valence-electron chi connectivity index (χ0n) is 12.9. The average Bonchev–Trinajstić information content (AvgIpc) is 2.37. The van der Waals surface area contributed by atoms with Gasteiger partial charge in [0.2, 0.25) is 0 Å². The molecule has 1 aliphatic rings. The van der Waals surface area contributed by atoms with Crippen molar-refractivity contribution in [1.29, 1.82) is 0 Å². The minimum absolute atomic E-state index is 0.174. The van der Waals surface area contributed by atoms with Gasteiger partial charge in [-0.15, -0.1) is 0 Å².